The maximum atomic E-state index is 5.42. The lowest BCUT2D eigenvalue weighted by molar-refractivity contribution is 0.0361. The molecular formula is C8H14O. The quantitative estimate of drug-likeness (QED) is 0.484. The van der Waals surface area contributed by atoms with Crippen LogP contribution in [0.25, 0.3) is 0 Å². The standard InChI is InChI=1S/C8H14O/c1-7-4-5-8(2,3)9-6-7/h6H,4-5H2,1-3H3. The first-order valence-corrected chi connectivity index (χ1v) is 3.44. The minimum absolute atomic E-state index is 0.0828. The van der Waals surface area contributed by atoms with Crippen LogP contribution in [0.3, 0.4) is 0 Å². The molecule has 1 aliphatic heterocycles. The van der Waals surface area contributed by atoms with Crippen LogP contribution in [-0.4, -0.2) is 5.60 Å². The van der Waals surface area contributed by atoms with Crippen molar-refractivity contribution < 1.29 is 4.74 Å². The molecule has 0 N–H and O–H groups in total. The second kappa shape index (κ2) is 2.05. The van der Waals surface area contributed by atoms with Crippen LogP contribution in [0, 0.1) is 0 Å². The van der Waals surface area contributed by atoms with Crippen molar-refractivity contribution in [1.29, 1.82) is 0 Å². The summed E-state index contributed by atoms with van der Waals surface area (Å²) in [5.74, 6) is 0. The Morgan fingerprint density at radius 3 is 2.56 bits per heavy atom. The van der Waals surface area contributed by atoms with Crippen molar-refractivity contribution in [2.24, 2.45) is 0 Å². The molecule has 0 aromatic carbocycles. The largest absolute Gasteiger partial charge is 0.496 e. The molecule has 0 fully saturated rings. The summed E-state index contributed by atoms with van der Waals surface area (Å²) in [6.45, 7) is 6.35. The fourth-order valence-electron chi connectivity index (χ4n) is 0.876. The minimum atomic E-state index is 0.0828. The van der Waals surface area contributed by atoms with Crippen LogP contribution in [-0.2, 0) is 4.74 Å². The maximum absolute atomic E-state index is 5.42. The van der Waals surface area contributed by atoms with Gasteiger partial charge in [0.05, 0.1) is 6.26 Å². The van der Waals surface area contributed by atoms with Gasteiger partial charge >= 0.3 is 0 Å². The van der Waals surface area contributed by atoms with Gasteiger partial charge in [-0.05, 0) is 39.2 Å². The summed E-state index contributed by atoms with van der Waals surface area (Å²) in [6.07, 6.45) is 4.21. The predicted octanol–water partition coefficient (Wildman–Crippen LogP) is 2.48. The minimum Gasteiger partial charge on any atom is -0.496 e. The fraction of sp³-hybridized carbons (Fsp3) is 0.750. The van der Waals surface area contributed by atoms with Gasteiger partial charge in [-0.25, -0.2) is 0 Å². The van der Waals surface area contributed by atoms with Crippen molar-refractivity contribution >= 4 is 0 Å². The second-order valence-electron chi connectivity index (χ2n) is 3.34. The van der Waals surface area contributed by atoms with Gasteiger partial charge < -0.3 is 4.74 Å². The average molecular weight is 126 g/mol. The summed E-state index contributed by atoms with van der Waals surface area (Å²) in [7, 11) is 0. The molecule has 0 spiro atoms. The van der Waals surface area contributed by atoms with Gasteiger partial charge in [-0.15, -0.1) is 0 Å². The molecule has 0 atom stereocenters. The summed E-state index contributed by atoms with van der Waals surface area (Å²) in [5, 5.41) is 0. The van der Waals surface area contributed by atoms with E-state index in [1.54, 1.807) is 0 Å². The molecule has 0 saturated heterocycles. The molecule has 0 saturated carbocycles. The fourth-order valence-corrected chi connectivity index (χ4v) is 0.876. The van der Waals surface area contributed by atoms with Gasteiger partial charge in [0, 0.05) is 0 Å². The first kappa shape index (κ1) is 6.66. The number of hydrogen-bond donors (Lipinski definition) is 0. The lowest BCUT2D eigenvalue weighted by Gasteiger charge is -2.28. The van der Waals surface area contributed by atoms with Crippen LogP contribution < -0.4 is 0 Å². The lowest BCUT2D eigenvalue weighted by Crippen LogP contribution is -2.24. The van der Waals surface area contributed by atoms with Crippen LogP contribution in [0.2, 0.25) is 0 Å². The smallest absolute Gasteiger partial charge is 0.103 e. The van der Waals surface area contributed by atoms with E-state index in [1.807, 2.05) is 6.26 Å². The molecule has 0 aromatic rings. The summed E-state index contributed by atoms with van der Waals surface area (Å²) < 4.78 is 5.42. The number of allylic oxidation sites excluding steroid dienone is 1. The second-order valence-corrected chi connectivity index (χ2v) is 3.34. The Balaban J connectivity index is 2.56. The highest BCUT2D eigenvalue weighted by Gasteiger charge is 2.20. The van der Waals surface area contributed by atoms with Gasteiger partial charge in [0.25, 0.3) is 0 Å². The number of hydrogen-bond acceptors (Lipinski definition) is 1. The van der Waals surface area contributed by atoms with Crippen LogP contribution in [0.5, 0.6) is 0 Å². The Labute approximate surface area is 56.7 Å². The summed E-state index contributed by atoms with van der Waals surface area (Å²) >= 11 is 0. The monoisotopic (exact) mass is 126 g/mol. The third-order valence-electron chi connectivity index (χ3n) is 1.70. The van der Waals surface area contributed by atoms with Gasteiger partial charge in [0.2, 0.25) is 0 Å². The van der Waals surface area contributed by atoms with Crippen molar-refractivity contribution in [3.05, 3.63) is 11.8 Å². The van der Waals surface area contributed by atoms with Gasteiger partial charge in [-0.3, -0.25) is 0 Å². The van der Waals surface area contributed by atoms with E-state index in [0.29, 0.717) is 0 Å². The van der Waals surface area contributed by atoms with Gasteiger partial charge in [-0.2, -0.15) is 0 Å². The van der Waals surface area contributed by atoms with Crippen molar-refractivity contribution in [3.8, 4) is 0 Å². The molecule has 1 heterocycles. The third kappa shape index (κ3) is 1.74. The average Bonchev–Trinajstić information content (AvgIpc) is 1.78. The number of ether oxygens (including phenoxy) is 1. The van der Waals surface area contributed by atoms with E-state index in [1.165, 1.54) is 12.0 Å². The highest BCUT2D eigenvalue weighted by molar-refractivity contribution is 4.99. The zero-order valence-corrected chi connectivity index (χ0v) is 6.40. The zero-order chi connectivity index (χ0) is 6.91. The van der Waals surface area contributed by atoms with E-state index < -0.39 is 0 Å². The molecular weight excluding hydrogens is 112 g/mol. The first-order chi connectivity index (χ1) is 4.10. The molecule has 0 bridgehead atoms. The van der Waals surface area contributed by atoms with E-state index in [2.05, 4.69) is 20.8 Å². The van der Waals surface area contributed by atoms with Crippen molar-refractivity contribution in [1.82, 2.24) is 0 Å². The molecule has 1 nitrogen and oxygen atoms in total. The highest BCUT2D eigenvalue weighted by Crippen LogP contribution is 2.25. The van der Waals surface area contributed by atoms with E-state index in [0.717, 1.165) is 6.42 Å². The number of rotatable bonds is 0. The van der Waals surface area contributed by atoms with Gasteiger partial charge in [0.1, 0.15) is 5.60 Å². The summed E-state index contributed by atoms with van der Waals surface area (Å²) in [6, 6.07) is 0. The van der Waals surface area contributed by atoms with Crippen molar-refractivity contribution in [3.63, 3.8) is 0 Å². The Bertz CT molecular complexity index is 134. The molecule has 1 rings (SSSR count). The van der Waals surface area contributed by atoms with Crippen LogP contribution in [0.1, 0.15) is 33.6 Å². The van der Waals surface area contributed by atoms with E-state index >= 15 is 0 Å². The molecule has 1 heteroatoms. The lowest BCUT2D eigenvalue weighted by atomic mass is 9.97. The molecule has 0 unspecified atom stereocenters. The Morgan fingerprint density at radius 2 is 2.22 bits per heavy atom. The molecule has 52 valence electrons. The Hall–Kier alpha value is -0.460. The predicted molar refractivity (Wildman–Crippen MR) is 38.2 cm³/mol. The Kier molecular flexibility index (Phi) is 1.52. The summed E-state index contributed by atoms with van der Waals surface area (Å²) in [5.41, 5.74) is 1.44. The van der Waals surface area contributed by atoms with E-state index in [-0.39, 0.29) is 5.60 Å². The molecule has 0 amide bonds. The maximum Gasteiger partial charge on any atom is 0.103 e. The normalized spacial score (nSPS) is 24.6. The SMILES string of the molecule is CC1=COC(C)(C)CC1. The highest BCUT2D eigenvalue weighted by atomic mass is 16.5. The topological polar surface area (TPSA) is 9.23 Å². The van der Waals surface area contributed by atoms with Gasteiger partial charge in [-0.1, -0.05) is 0 Å². The van der Waals surface area contributed by atoms with E-state index in [9.17, 15) is 0 Å². The summed E-state index contributed by atoms with van der Waals surface area (Å²) in [4.78, 5) is 0. The van der Waals surface area contributed by atoms with Crippen molar-refractivity contribution in [2.45, 2.75) is 39.2 Å². The zero-order valence-electron chi connectivity index (χ0n) is 6.40. The van der Waals surface area contributed by atoms with Gasteiger partial charge in [0.15, 0.2) is 0 Å². The van der Waals surface area contributed by atoms with Crippen LogP contribution >= 0.6 is 0 Å². The molecule has 1 aliphatic rings. The Morgan fingerprint density at radius 1 is 1.56 bits per heavy atom. The molecule has 0 radical (unpaired) electrons. The molecule has 9 heavy (non-hydrogen) atoms. The molecule has 0 aliphatic carbocycles. The first-order valence-electron chi connectivity index (χ1n) is 3.44. The van der Waals surface area contributed by atoms with Crippen LogP contribution in [0.15, 0.2) is 11.8 Å². The third-order valence-corrected chi connectivity index (χ3v) is 1.70. The van der Waals surface area contributed by atoms with Crippen molar-refractivity contribution in [2.75, 3.05) is 0 Å². The van der Waals surface area contributed by atoms with E-state index in [4.69, 9.17) is 4.74 Å². The molecule has 0 aromatic heterocycles. The van der Waals surface area contributed by atoms with Crippen LogP contribution in [0.4, 0.5) is 0 Å².